The lowest BCUT2D eigenvalue weighted by atomic mass is 10.1. The second-order valence-electron chi connectivity index (χ2n) is 3.84. The van der Waals surface area contributed by atoms with Crippen molar-refractivity contribution in [1.82, 2.24) is 4.90 Å². The molecule has 0 radical (unpaired) electrons. The maximum absolute atomic E-state index is 4.26. The molecule has 1 nitrogen and oxygen atoms in total. The van der Waals surface area contributed by atoms with Gasteiger partial charge in [0.15, 0.2) is 0 Å². The molecule has 1 atom stereocenters. The summed E-state index contributed by atoms with van der Waals surface area (Å²) in [6.07, 6.45) is 3.86. The number of hydrogen-bond donors (Lipinski definition) is 1. The van der Waals surface area contributed by atoms with Crippen LogP contribution in [-0.4, -0.2) is 30.3 Å². The Morgan fingerprint density at radius 1 is 1.15 bits per heavy atom. The second-order valence-corrected chi connectivity index (χ2v) is 4.29. The molecule has 13 heavy (non-hydrogen) atoms. The first kappa shape index (κ1) is 13.3. The van der Waals surface area contributed by atoms with E-state index in [2.05, 4.69) is 38.3 Å². The van der Waals surface area contributed by atoms with Crippen LogP contribution in [0.15, 0.2) is 0 Å². The molecule has 0 heterocycles. The lowest BCUT2D eigenvalue weighted by Gasteiger charge is -2.21. The molecule has 0 aliphatic heterocycles. The zero-order valence-electron chi connectivity index (χ0n) is 9.42. The highest BCUT2D eigenvalue weighted by atomic mass is 32.1. The van der Waals surface area contributed by atoms with E-state index in [4.69, 9.17) is 0 Å². The number of rotatable bonds is 8. The van der Waals surface area contributed by atoms with Gasteiger partial charge in [0.05, 0.1) is 0 Å². The van der Waals surface area contributed by atoms with Crippen molar-refractivity contribution >= 4 is 12.6 Å². The van der Waals surface area contributed by atoms with Crippen LogP contribution in [0.25, 0.3) is 0 Å². The van der Waals surface area contributed by atoms with E-state index in [1.54, 1.807) is 0 Å². The average molecular weight is 203 g/mol. The van der Waals surface area contributed by atoms with Crippen molar-refractivity contribution in [2.45, 2.75) is 40.0 Å². The van der Waals surface area contributed by atoms with Gasteiger partial charge in [0.2, 0.25) is 0 Å². The Morgan fingerprint density at radius 3 is 2.31 bits per heavy atom. The summed E-state index contributed by atoms with van der Waals surface area (Å²) in [6, 6.07) is 0. The van der Waals surface area contributed by atoms with Crippen molar-refractivity contribution in [1.29, 1.82) is 0 Å². The summed E-state index contributed by atoms with van der Waals surface area (Å²) in [5.74, 6) is 1.87. The molecule has 0 aromatic carbocycles. The highest BCUT2D eigenvalue weighted by Gasteiger charge is 2.04. The van der Waals surface area contributed by atoms with Crippen molar-refractivity contribution in [3.05, 3.63) is 0 Å². The van der Waals surface area contributed by atoms with Gasteiger partial charge in [-0.3, -0.25) is 0 Å². The molecule has 0 spiro atoms. The standard InChI is InChI=1S/C11H25NS/c1-4-8-12(5-2)9-6-11(3)7-10-13/h11,13H,4-10H2,1-3H3. The second kappa shape index (κ2) is 8.89. The van der Waals surface area contributed by atoms with E-state index in [1.807, 2.05) is 0 Å². The number of nitrogens with zero attached hydrogens (tertiary/aromatic N) is 1. The maximum atomic E-state index is 4.26. The van der Waals surface area contributed by atoms with E-state index in [0.717, 1.165) is 11.7 Å². The molecular weight excluding hydrogens is 178 g/mol. The summed E-state index contributed by atoms with van der Waals surface area (Å²) in [5, 5.41) is 0. The van der Waals surface area contributed by atoms with Gasteiger partial charge in [-0.15, -0.1) is 0 Å². The Hall–Kier alpha value is 0.310. The molecule has 0 saturated heterocycles. The average Bonchev–Trinajstić information content (AvgIpc) is 2.12. The Labute approximate surface area is 89.3 Å². The van der Waals surface area contributed by atoms with Gasteiger partial charge in [-0.1, -0.05) is 20.8 Å². The lowest BCUT2D eigenvalue weighted by Crippen LogP contribution is -2.26. The molecule has 0 bridgehead atoms. The molecule has 2 heteroatoms. The van der Waals surface area contributed by atoms with Gasteiger partial charge < -0.3 is 4.90 Å². The van der Waals surface area contributed by atoms with E-state index >= 15 is 0 Å². The Morgan fingerprint density at radius 2 is 1.85 bits per heavy atom. The van der Waals surface area contributed by atoms with Gasteiger partial charge in [-0.25, -0.2) is 0 Å². The van der Waals surface area contributed by atoms with Crippen LogP contribution >= 0.6 is 12.6 Å². The summed E-state index contributed by atoms with van der Waals surface area (Å²) < 4.78 is 0. The van der Waals surface area contributed by atoms with Crippen LogP contribution in [0.5, 0.6) is 0 Å². The van der Waals surface area contributed by atoms with Crippen molar-refractivity contribution in [3.8, 4) is 0 Å². The van der Waals surface area contributed by atoms with Gasteiger partial charge in [0.1, 0.15) is 0 Å². The summed E-state index contributed by atoms with van der Waals surface area (Å²) in [6.45, 7) is 10.5. The van der Waals surface area contributed by atoms with Crippen LogP contribution < -0.4 is 0 Å². The maximum Gasteiger partial charge on any atom is -0.00163 e. The summed E-state index contributed by atoms with van der Waals surface area (Å²) in [4.78, 5) is 2.54. The van der Waals surface area contributed by atoms with Crippen molar-refractivity contribution in [2.24, 2.45) is 5.92 Å². The molecule has 0 fully saturated rings. The summed E-state index contributed by atoms with van der Waals surface area (Å²) in [5.41, 5.74) is 0. The first-order chi connectivity index (χ1) is 6.24. The largest absolute Gasteiger partial charge is 0.304 e. The third-order valence-corrected chi connectivity index (χ3v) is 2.81. The molecule has 0 N–H and O–H groups in total. The highest BCUT2D eigenvalue weighted by molar-refractivity contribution is 7.80. The van der Waals surface area contributed by atoms with Crippen LogP contribution in [0.2, 0.25) is 0 Å². The molecule has 0 aliphatic carbocycles. The first-order valence-electron chi connectivity index (χ1n) is 5.57. The molecule has 0 aromatic heterocycles. The molecule has 0 amide bonds. The van der Waals surface area contributed by atoms with Gasteiger partial charge in [-0.05, 0) is 50.6 Å². The molecule has 0 aromatic rings. The zero-order chi connectivity index (χ0) is 10.1. The van der Waals surface area contributed by atoms with E-state index < -0.39 is 0 Å². The minimum Gasteiger partial charge on any atom is -0.304 e. The molecule has 0 aliphatic rings. The topological polar surface area (TPSA) is 3.24 Å². The predicted octanol–water partition coefficient (Wildman–Crippen LogP) is 3.06. The summed E-state index contributed by atoms with van der Waals surface area (Å²) in [7, 11) is 0. The highest BCUT2D eigenvalue weighted by Crippen LogP contribution is 2.09. The molecular formula is C11H25NS. The van der Waals surface area contributed by atoms with Crippen LogP contribution in [0, 0.1) is 5.92 Å². The van der Waals surface area contributed by atoms with Gasteiger partial charge in [0, 0.05) is 0 Å². The first-order valence-corrected chi connectivity index (χ1v) is 6.21. The number of thiol groups is 1. The fourth-order valence-electron chi connectivity index (χ4n) is 1.51. The molecule has 1 unspecified atom stereocenters. The summed E-state index contributed by atoms with van der Waals surface area (Å²) >= 11 is 4.26. The quantitative estimate of drug-likeness (QED) is 0.593. The monoisotopic (exact) mass is 203 g/mol. The number of hydrogen-bond acceptors (Lipinski definition) is 2. The van der Waals surface area contributed by atoms with E-state index in [9.17, 15) is 0 Å². The minimum absolute atomic E-state index is 0.836. The Kier molecular flexibility index (Phi) is 9.10. The van der Waals surface area contributed by atoms with E-state index in [-0.39, 0.29) is 0 Å². The Bertz CT molecular complexity index is 106. The minimum atomic E-state index is 0.836. The predicted molar refractivity (Wildman–Crippen MR) is 64.7 cm³/mol. The van der Waals surface area contributed by atoms with E-state index in [0.29, 0.717) is 0 Å². The third-order valence-electron chi connectivity index (χ3n) is 2.55. The lowest BCUT2D eigenvalue weighted by molar-refractivity contribution is 0.266. The molecule has 0 saturated carbocycles. The van der Waals surface area contributed by atoms with Crippen LogP contribution in [-0.2, 0) is 0 Å². The van der Waals surface area contributed by atoms with Crippen molar-refractivity contribution in [3.63, 3.8) is 0 Å². The van der Waals surface area contributed by atoms with Crippen LogP contribution in [0.3, 0.4) is 0 Å². The van der Waals surface area contributed by atoms with Crippen LogP contribution in [0.4, 0.5) is 0 Å². The van der Waals surface area contributed by atoms with Crippen molar-refractivity contribution < 1.29 is 0 Å². The van der Waals surface area contributed by atoms with Gasteiger partial charge in [-0.2, -0.15) is 12.6 Å². The molecule has 0 rings (SSSR count). The van der Waals surface area contributed by atoms with Gasteiger partial charge >= 0.3 is 0 Å². The fourth-order valence-corrected chi connectivity index (χ4v) is 1.95. The van der Waals surface area contributed by atoms with Crippen molar-refractivity contribution in [2.75, 3.05) is 25.4 Å². The smallest absolute Gasteiger partial charge is 0.00163 e. The third kappa shape index (κ3) is 7.39. The molecule has 80 valence electrons. The van der Waals surface area contributed by atoms with Crippen LogP contribution in [0.1, 0.15) is 40.0 Å². The van der Waals surface area contributed by atoms with Gasteiger partial charge in [0.25, 0.3) is 0 Å². The van der Waals surface area contributed by atoms with E-state index in [1.165, 1.54) is 38.9 Å². The fraction of sp³-hybridized carbons (Fsp3) is 1.00. The normalized spacial score (nSPS) is 13.6. The zero-order valence-corrected chi connectivity index (χ0v) is 10.3. The SMILES string of the molecule is CCCN(CC)CCC(C)CCS. The Balaban J connectivity index is 3.46.